The summed E-state index contributed by atoms with van der Waals surface area (Å²) in [4.78, 5) is 11.6. The van der Waals surface area contributed by atoms with Crippen molar-refractivity contribution in [1.82, 2.24) is 5.32 Å². The molecule has 3 N–H and O–H groups in total. The summed E-state index contributed by atoms with van der Waals surface area (Å²) >= 11 is 0. The van der Waals surface area contributed by atoms with Gasteiger partial charge in [-0.05, 0) is 30.5 Å². The van der Waals surface area contributed by atoms with E-state index in [9.17, 15) is 9.90 Å². The lowest BCUT2D eigenvalue weighted by atomic mass is 10.0. The molecular formula is C14H19N3O2. The number of nitriles is 1. The van der Waals surface area contributed by atoms with Gasteiger partial charge < -0.3 is 15.7 Å². The molecule has 0 heterocycles. The number of aliphatic hydroxyl groups is 1. The number of urea groups is 1. The van der Waals surface area contributed by atoms with Crippen LogP contribution in [0.15, 0.2) is 24.3 Å². The predicted molar refractivity (Wildman–Crippen MR) is 73.6 cm³/mol. The summed E-state index contributed by atoms with van der Waals surface area (Å²) in [5, 5.41) is 23.6. The van der Waals surface area contributed by atoms with Crippen molar-refractivity contribution in [2.75, 3.05) is 11.9 Å². The number of hydrogen-bond acceptors (Lipinski definition) is 3. The van der Waals surface area contributed by atoms with Crippen LogP contribution in [0.1, 0.15) is 25.8 Å². The summed E-state index contributed by atoms with van der Waals surface area (Å²) in [5.41, 5.74) is 1.06. The Morgan fingerprint density at radius 2 is 2.21 bits per heavy atom. The van der Waals surface area contributed by atoms with Gasteiger partial charge in [0.05, 0.1) is 17.7 Å². The van der Waals surface area contributed by atoms with Crippen molar-refractivity contribution < 1.29 is 9.90 Å². The summed E-state index contributed by atoms with van der Waals surface area (Å²) in [6, 6.07) is 8.35. The average molecular weight is 261 g/mol. The van der Waals surface area contributed by atoms with Crippen LogP contribution in [-0.2, 0) is 0 Å². The Bertz CT molecular complexity index is 466. The van der Waals surface area contributed by atoms with Crippen molar-refractivity contribution in [3.63, 3.8) is 0 Å². The fourth-order valence-electron chi connectivity index (χ4n) is 1.51. The molecule has 0 saturated carbocycles. The number of aliphatic hydroxyl groups excluding tert-OH is 1. The molecule has 0 fully saturated rings. The van der Waals surface area contributed by atoms with Gasteiger partial charge in [0.2, 0.25) is 0 Å². The van der Waals surface area contributed by atoms with E-state index in [4.69, 9.17) is 5.26 Å². The third kappa shape index (κ3) is 5.40. The smallest absolute Gasteiger partial charge is 0.319 e. The van der Waals surface area contributed by atoms with Crippen LogP contribution in [0.3, 0.4) is 0 Å². The number of nitrogens with one attached hydrogen (secondary N) is 2. The molecule has 0 aliphatic heterocycles. The molecule has 0 saturated heterocycles. The fraction of sp³-hybridized carbons (Fsp3) is 0.429. The van der Waals surface area contributed by atoms with E-state index in [1.807, 2.05) is 19.9 Å². The summed E-state index contributed by atoms with van der Waals surface area (Å²) < 4.78 is 0. The third-order valence-corrected chi connectivity index (χ3v) is 2.74. The topological polar surface area (TPSA) is 85.2 Å². The van der Waals surface area contributed by atoms with Crippen LogP contribution in [0.4, 0.5) is 10.5 Å². The van der Waals surface area contributed by atoms with Crippen molar-refractivity contribution >= 4 is 11.7 Å². The molecule has 19 heavy (non-hydrogen) atoms. The molecule has 1 atom stereocenters. The van der Waals surface area contributed by atoms with Crippen LogP contribution in [0.2, 0.25) is 0 Å². The number of hydrogen-bond donors (Lipinski definition) is 3. The highest BCUT2D eigenvalue weighted by molar-refractivity contribution is 5.89. The van der Waals surface area contributed by atoms with Gasteiger partial charge in [-0.1, -0.05) is 19.9 Å². The van der Waals surface area contributed by atoms with E-state index in [2.05, 4.69) is 10.6 Å². The number of rotatable bonds is 5. The van der Waals surface area contributed by atoms with Gasteiger partial charge in [-0.3, -0.25) is 0 Å². The van der Waals surface area contributed by atoms with Crippen molar-refractivity contribution in [2.24, 2.45) is 5.92 Å². The summed E-state index contributed by atoms with van der Waals surface area (Å²) in [6.45, 7) is 4.26. The van der Waals surface area contributed by atoms with Gasteiger partial charge >= 0.3 is 6.03 Å². The quantitative estimate of drug-likeness (QED) is 0.758. The second kappa shape index (κ2) is 7.39. The lowest BCUT2D eigenvalue weighted by molar-refractivity contribution is 0.117. The zero-order valence-corrected chi connectivity index (χ0v) is 11.2. The minimum absolute atomic E-state index is 0.178. The largest absolute Gasteiger partial charge is 0.393 e. The Kier molecular flexibility index (Phi) is 5.83. The van der Waals surface area contributed by atoms with Gasteiger partial charge in [0.1, 0.15) is 0 Å². The second-order valence-corrected chi connectivity index (χ2v) is 4.67. The van der Waals surface area contributed by atoms with Gasteiger partial charge in [-0.15, -0.1) is 0 Å². The zero-order chi connectivity index (χ0) is 14.3. The molecule has 0 aliphatic rings. The maximum atomic E-state index is 11.6. The lowest BCUT2D eigenvalue weighted by Gasteiger charge is -2.14. The standard InChI is InChI=1S/C14H19N3O2/c1-10(2)13(18)6-7-16-14(19)17-12-5-3-4-11(8-12)9-15/h3-5,8,10,13,18H,6-7H2,1-2H3,(H2,16,17,19). The van der Waals surface area contributed by atoms with E-state index < -0.39 is 6.10 Å². The van der Waals surface area contributed by atoms with Crippen LogP contribution in [0, 0.1) is 17.2 Å². The summed E-state index contributed by atoms with van der Waals surface area (Å²) in [7, 11) is 0. The fourth-order valence-corrected chi connectivity index (χ4v) is 1.51. The molecule has 1 rings (SSSR count). The zero-order valence-electron chi connectivity index (χ0n) is 11.2. The first-order chi connectivity index (χ1) is 9.02. The molecule has 1 aromatic rings. The maximum Gasteiger partial charge on any atom is 0.319 e. The molecule has 102 valence electrons. The van der Waals surface area contributed by atoms with Gasteiger partial charge in [-0.25, -0.2) is 4.79 Å². The van der Waals surface area contributed by atoms with Crippen molar-refractivity contribution in [3.05, 3.63) is 29.8 Å². The van der Waals surface area contributed by atoms with E-state index in [0.29, 0.717) is 24.2 Å². The van der Waals surface area contributed by atoms with E-state index in [-0.39, 0.29) is 11.9 Å². The minimum Gasteiger partial charge on any atom is -0.393 e. The molecule has 1 unspecified atom stereocenters. The van der Waals surface area contributed by atoms with Gasteiger partial charge in [-0.2, -0.15) is 5.26 Å². The Balaban J connectivity index is 2.37. The molecule has 0 aromatic heterocycles. The molecule has 0 bridgehead atoms. The van der Waals surface area contributed by atoms with Crippen LogP contribution >= 0.6 is 0 Å². The first-order valence-corrected chi connectivity index (χ1v) is 6.26. The molecular weight excluding hydrogens is 242 g/mol. The Hall–Kier alpha value is -2.06. The highest BCUT2D eigenvalue weighted by Gasteiger charge is 2.09. The van der Waals surface area contributed by atoms with E-state index in [0.717, 1.165) is 0 Å². The number of nitrogens with zero attached hydrogens (tertiary/aromatic N) is 1. The van der Waals surface area contributed by atoms with Gasteiger partial charge in [0, 0.05) is 12.2 Å². The maximum absolute atomic E-state index is 11.6. The number of anilines is 1. The predicted octanol–water partition coefficient (Wildman–Crippen LogP) is 2.09. The average Bonchev–Trinajstić information content (AvgIpc) is 2.38. The normalized spacial score (nSPS) is 11.7. The molecule has 0 spiro atoms. The number of amides is 2. The van der Waals surface area contributed by atoms with Crippen LogP contribution in [-0.4, -0.2) is 23.8 Å². The van der Waals surface area contributed by atoms with Crippen molar-refractivity contribution in [2.45, 2.75) is 26.4 Å². The number of carbonyl (C=O) groups excluding carboxylic acids is 1. The summed E-state index contributed by atoms with van der Waals surface area (Å²) in [6.07, 6.45) is 0.103. The van der Waals surface area contributed by atoms with Crippen molar-refractivity contribution in [3.8, 4) is 6.07 Å². The third-order valence-electron chi connectivity index (χ3n) is 2.74. The molecule has 5 nitrogen and oxygen atoms in total. The highest BCUT2D eigenvalue weighted by atomic mass is 16.3. The van der Waals surface area contributed by atoms with Gasteiger partial charge in [0.15, 0.2) is 0 Å². The Morgan fingerprint density at radius 3 is 2.84 bits per heavy atom. The highest BCUT2D eigenvalue weighted by Crippen LogP contribution is 2.09. The minimum atomic E-state index is -0.415. The first-order valence-electron chi connectivity index (χ1n) is 6.26. The van der Waals surface area contributed by atoms with Crippen LogP contribution in [0.25, 0.3) is 0 Å². The van der Waals surface area contributed by atoms with E-state index >= 15 is 0 Å². The van der Waals surface area contributed by atoms with Crippen molar-refractivity contribution in [1.29, 1.82) is 5.26 Å². The first kappa shape index (κ1) is 15.0. The van der Waals surface area contributed by atoms with E-state index in [1.165, 1.54) is 0 Å². The van der Waals surface area contributed by atoms with Crippen LogP contribution < -0.4 is 10.6 Å². The Morgan fingerprint density at radius 1 is 1.47 bits per heavy atom. The Labute approximate surface area is 113 Å². The molecule has 2 amide bonds. The SMILES string of the molecule is CC(C)C(O)CCNC(=O)Nc1cccc(C#N)c1. The molecule has 1 aromatic carbocycles. The molecule has 0 aliphatic carbocycles. The monoisotopic (exact) mass is 261 g/mol. The number of carbonyl (C=O) groups is 1. The molecule has 0 radical (unpaired) electrons. The van der Waals surface area contributed by atoms with E-state index in [1.54, 1.807) is 24.3 Å². The number of benzene rings is 1. The van der Waals surface area contributed by atoms with Crippen LogP contribution in [0.5, 0.6) is 0 Å². The second-order valence-electron chi connectivity index (χ2n) is 4.67. The molecule has 5 heteroatoms. The summed E-state index contributed by atoms with van der Waals surface area (Å²) in [5.74, 6) is 0.178. The lowest BCUT2D eigenvalue weighted by Crippen LogP contribution is -2.32. The van der Waals surface area contributed by atoms with Gasteiger partial charge in [0.25, 0.3) is 0 Å².